The van der Waals surface area contributed by atoms with Gasteiger partial charge in [0.2, 0.25) is 0 Å². The Hall–Kier alpha value is -1.44. The van der Waals surface area contributed by atoms with Crippen LogP contribution in [0.2, 0.25) is 0 Å². The summed E-state index contributed by atoms with van der Waals surface area (Å²) in [4.78, 5) is 19.0. The van der Waals surface area contributed by atoms with Crippen LogP contribution < -0.4 is 0 Å². The van der Waals surface area contributed by atoms with Gasteiger partial charge in [-0.2, -0.15) is 5.10 Å². The molecule has 1 aromatic heterocycles. The molecule has 2 unspecified atom stereocenters. The van der Waals surface area contributed by atoms with Crippen LogP contribution in [0.4, 0.5) is 0 Å². The van der Waals surface area contributed by atoms with Crippen LogP contribution in [0.1, 0.15) is 41.7 Å². The van der Waals surface area contributed by atoms with E-state index in [1.54, 1.807) is 25.2 Å². The number of nitrogens with zero attached hydrogens (tertiary/aromatic N) is 4. The van der Waals surface area contributed by atoms with Crippen molar-refractivity contribution < 1.29 is 9.53 Å². The molecule has 7 heteroatoms. The van der Waals surface area contributed by atoms with Crippen molar-refractivity contribution >= 4 is 5.91 Å². The fourth-order valence-electron chi connectivity index (χ4n) is 3.89. The van der Waals surface area contributed by atoms with Gasteiger partial charge in [0.15, 0.2) is 0 Å². The lowest BCUT2D eigenvalue weighted by atomic mass is 9.92. The average Bonchev–Trinajstić information content (AvgIpc) is 3.09. The normalized spacial score (nSPS) is 25.9. The van der Waals surface area contributed by atoms with Gasteiger partial charge in [-0.05, 0) is 26.3 Å². The number of hydrogen-bond acceptors (Lipinski definition) is 5. The molecule has 2 atom stereocenters. The van der Waals surface area contributed by atoms with E-state index in [9.17, 15) is 4.79 Å². The van der Waals surface area contributed by atoms with E-state index in [1.165, 1.54) is 6.42 Å². The van der Waals surface area contributed by atoms with Crippen molar-refractivity contribution in [1.82, 2.24) is 24.9 Å². The molecule has 1 amide bonds. The summed E-state index contributed by atoms with van der Waals surface area (Å²) < 4.78 is 5.62. The second kappa shape index (κ2) is 8.29. The minimum Gasteiger partial charge on any atom is -0.376 e. The number of amides is 1. The molecule has 0 saturated carbocycles. The highest BCUT2D eigenvalue weighted by molar-refractivity contribution is 5.94. The number of carbonyl (C=O) groups excluding carboxylic acids is 1. The quantitative estimate of drug-likeness (QED) is 0.860. The topological polar surface area (TPSA) is 64.7 Å². The maximum atomic E-state index is 12.3. The van der Waals surface area contributed by atoms with Crippen molar-refractivity contribution in [1.29, 1.82) is 0 Å². The lowest BCUT2D eigenvalue weighted by molar-refractivity contribution is -0.0212. The maximum absolute atomic E-state index is 12.3. The van der Waals surface area contributed by atoms with E-state index < -0.39 is 0 Å². The summed E-state index contributed by atoms with van der Waals surface area (Å²) in [7, 11) is 3.57. The molecule has 2 saturated heterocycles. The number of hydrogen-bond donors (Lipinski definition) is 1. The first-order valence-corrected chi connectivity index (χ1v) is 9.36. The predicted octanol–water partition coefficient (Wildman–Crippen LogP) is 1.01. The molecule has 140 valence electrons. The van der Waals surface area contributed by atoms with Crippen LogP contribution in [0.25, 0.3) is 0 Å². The molecule has 2 aliphatic rings. The number of H-pyrrole nitrogens is 1. The summed E-state index contributed by atoms with van der Waals surface area (Å²) in [5, 5.41) is 7.23. The Kier molecular flexibility index (Phi) is 6.09. The van der Waals surface area contributed by atoms with Crippen molar-refractivity contribution in [3.63, 3.8) is 0 Å². The van der Waals surface area contributed by atoms with E-state index in [4.69, 9.17) is 4.74 Å². The molecular weight excluding hydrogens is 318 g/mol. The first kappa shape index (κ1) is 18.4. The zero-order chi connectivity index (χ0) is 17.8. The fraction of sp³-hybridized carbons (Fsp3) is 0.778. The molecule has 3 heterocycles. The first-order valence-electron chi connectivity index (χ1n) is 9.36. The maximum Gasteiger partial charge on any atom is 0.256 e. The Morgan fingerprint density at radius 2 is 2.08 bits per heavy atom. The van der Waals surface area contributed by atoms with E-state index in [2.05, 4.69) is 26.9 Å². The number of rotatable bonds is 5. The monoisotopic (exact) mass is 349 g/mol. The van der Waals surface area contributed by atoms with E-state index in [0.29, 0.717) is 12.0 Å². The summed E-state index contributed by atoms with van der Waals surface area (Å²) in [6, 6.07) is 0. The molecule has 1 N–H and O–H groups in total. The Morgan fingerprint density at radius 1 is 1.32 bits per heavy atom. The molecule has 0 spiro atoms. The number of piperidine rings is 1. The van der Waals surface area contributed by atoms with E-state index in [0.717, 1.165) is 63.6 Å². The third kappa shape index (κ3) is 4.59. The fourth-order valence-corrected chi connectivity index (χ4v) is 3.89. The van der Waals surface area contributed by atoms with Crippen molar-refractivity contribution in [2.75, 3.05) is 60.0 Å². The molecule has 2 fully saturated rings. The molecule has 0 aliphatic carbocycles. The van der Waals surface area contributed by atoms with Crippen LogP contribution in [0.3, 0.4) is 0 Å². The molecule has 1 aromatic rings. The van der Waals surface area contributed by atoms with Gasteiger partial charge in [0.05, 0.1) is 30.2 Å². The SMILES string of the molecule is CC1CN(CCN2CCCC(c3[nH]ncc3C(=O)N(C)C)C2)CCO1. The Morgan fingerprint density at radius 3 is 2.80 bits per heavy atom. The van der Waals surface area contributed by atoms with Gasteiger partial charge in [0.1, 0.15) is 0 Å². The minimum absolute atomic E-state index is 0.0307. The summed E-state index contributed by atoms with van der Waals surface area (Å²) in [6.45, 7) is 9.35. The molecule has 0 bridgehead atoms. The van der Waals surface area contributed by atoms with Gasteiger partial charge in [0, 0.05) is 52.7 Å². The summed E-state index contributed by atoms with van der Waals surface area (Å²) in [6.07, 6.45) is 4.29. The molecule has 25 heavy (non-hydrogen) atoms. The van der Waals surface area contributed by atoms with Gasteiger partial charge in [-0.3, -0.25) is 14.8 Å². The largest absolute Gasteiger partial charge is 0.376 e. The van der Waals surface area contributed by atoms with Crippen LogP contribution in [0, 0.1) is 0 Å². The van der Waals surface area contributed by atoms with Gasteiger partial charge < -0.3 is 14.5 Å². The third-order valence-electron chi connectivity index (χ3n) is 5.28. The number of nitrogens with one attached hydrogen (secondary N) is 1. The number of likely N-dealkylation sites (tertiary alicyclic amines) is 1. The average molecular weight is 349 g/mol. The highest BCUT2D eigenvalue weighted by Crippen LogP contribution is 2.28. The molecule has 7 nitrogen and oxygen atoms in total. The predicted molar refractivity (Wildman–Crippen MR) is 96.9 cm³/mol. The first-order chi connectivity index (χ1) is 12.0. The van der Waals surface area contributed by atoms with Crippen LogP contribution in [0.5, 0.6) is 0 Å². The number of morpholine rings is 1. The van der Waals surface area contributed by atoms with Gasteiger partial charge in [-0.1, -0.05) is 0 Å². The second-order valence-electron chi connectivity index (χ2n) is 7.52. The lowest BCUT2D eigenvalue weighted by Crippen LogP contribution is -2.46. The minimum atomic E-state index is 0.0307. The highest BCUT2D eigenvalue weighted by Gasteiger charge is 2.27. The zero-order valence-corrected chi connectivity index (χ0v) is 15.7. The Labute approximate surface area is 150 Å². The van der Waals surface area contributed by atoms with Crippen LogP contribution >= 0.6 is 0 Å². The molecule has 0 radical (unpaired) electrons. The van der Waals surface area contributed by atoms with Gasteiger partial charge in [-0.15, -0.1) is 0 Å². The summed E-state index contributed by atoms with van der Waals surface area (Å²) in [5.74, 6) is 0.391. The summed E-state index contributed by atoms with van der Waals surface area (Å²) >= 11 is 0. The van der Waals surface area contributed by atoms with Gasteiger partial charge in [-0.25, -0.2) is 0 Å². The van der Waals surface area contributed by atoms with E-state index in [-0.39, 0.29) is 5.91 Å². The number of aromatic nitrogens is 2. The number of ether oxygens (including phenoxy) is 1. The molecule has 0 aromatic carbocycles. The standard InChI is InChI=1S/C18H31N5O2/c1-14-12-23(9-10-25-14)8-7-22-6-4-5-15(13-22)17-16(11-19-20-17)18(24)21(2)3/h11,14-15H,4-10,12-13H2,1-3H3,(H,19,20). The molecule has 2 aliphatic heterocycles. The smallest absolute Gasteiger partial charge is 0.256 e. The van der Waals surface area contributed by atoms with E-state index >= 15 is 0 Å². The van der Waals surface area contributed by atoms with Crippen molar-refractivity contribution in [2.45, 2.75) is 31.8 Å². The van der Waals surface area contributed by atoms with Gasteiger partial charge >= 0.3 is 0 Å². The van der Waals surface area contributed by atoms with E-state index in [1.807, 2.05) is 0 Å². The van der Waals surface area contributed by atoms with Crippen molar-refractivity contribution in [3.8, 4) is 0 Å². The zero-order valence-electron chi connectivity index (χ0n) is 15.7. The van der Waals surface area contributed by atoms with Gasteiger partial charge in [0.25, 0.3) is 5.91 Å². The lowest BCUT2D eigenvalue weighted by Gasteiger charge is -2.36. The number of carbonyl (C=O) groups is 1. The molecule has 3 rings (SSSR count). The highest BCUT2D eigenvalue weighted by atomic mass is 16.5. The van der Waals surface area contributed by atoms with Crippen molar-refractivity contribution in [2.24, 2.45) is 0 Å². The van der Waals surface area contributed by atoms with Crippen LogP contribution in [-0.4, -0.2) is 96.9 Å². The third-order valence-corrected chi connectivity index (χ3v) is 5.28. The molecular formula is C18H31N5O2. The van der Waals surface area contributed by atoms with Crippen molar-refractivity contribution in [3.05, 3.63) is 17.5 Å². The van der Waals surface area contributed by atoms with Crippen LogP contribution in [0.15, 0.2) is 6.20 Å². The van der Waals surface area contributed by atoms with Crippen LogP contribution in [-0.2, 0) is 4.74 Å². The Balaban J connectivity index is 1.56. The second-order valence-corrected chi connectivity index (χ2v) is 7.52. The Bertz CT molecular complexity index is 574. The number of aromatic amines is 1. The summed E-state index contributed by atoms with van der Waals surface area (Å²) in [5.41, 5.74) is 1.72.